The molecule has 0 aromatic heterocycles. The van der Waals surface area contributed by atoms with Crippen LogP contribution in [0.2, 0.25) is 0 Å². The maximum absolute atomic E-state index is 13.9. The first kappa shape index (κ1) is 13.5. The molecule has 100 valence electrons. The molecule has 19 heavy (non-hydrogen) atoms. The minimum absolute atomic E-state index is 0.105. The smallest absolute Gasteiger partial charge is 0.168 e. The molecule has 2 rings (SSSR count). The van der Waals surface area contributed by atoms with Crippen molar-refractivity contribution in [3.8, 4) is 11.5 Å². The van der Waals surface area contributed by atoms with E-state index in [1.165, 1.54) is 24.3 Å². The summed E-state index contributed by atoms with van der Waals surface area (Å²) < 4.78 is 32.6. The summed E-state index contributed by atoms with van der Waals surface area (Å²) in [5.41, 5.74) is 6.75. The highest BCUT2D eigenvalue weighted by atomic mass is 19.1. The standard InChI is InChI=1S/C15H15F2NO/c1-9-4-3-5-14(15(9)17)19-13-7-6-11(16)8-12(13)10(2)18/h3-8,10H,18H2,1-2H3/t10-/m0/s1. The summed E-state index contributed by atoms with van der Waals surface area (Å²) in [6, 6.07) is 8.48. The van der Waals surface area contributed by atoms with Gasteiger partial charge in [0.25, 0.3) is 0 Å². The summed E-state index contributed by atoms with van der Waals surface area (Å²) >= 11 is 0. The van der Waals surface area contributed by atoms with Crippen LogP contribution in [-0.2, 0) is 0 Å². The van der Waals surface area contributed by atoms with Crippen molar-refractivity contribution in [2.75, 3.05) is 0 Å². The highest BCUT2D eigenvalue weighted by Gasteiger charge is 2.13. The van der Waals surface area contributed by atoms with Gasteiger partial charge in [-0.2, -0.15) is 0 Å². The minimum Gasteiger partial charge on any atom is -0.454 e. The van der Waals surface area contributed by atoms with E-state index in [4.69, 9.17) is 10.5 Å². The molecule has 0 aliphatic rings. The molecule has 4 heteroatoms. The van der Waals surface area contributed by atoms with Crippen LogP contribution in [-0.4, -0.2) is 0 Å². The average Bonchev–Trinajstić information content (AvgIpc) is 2.36. The maximum Gasteiger partial charge on any atom is 0.168 e. The molecule has 2 aromatic rings. The molecule has 0 aliphatic heterocycles. The van der Waals surface area contributed by atoms with Crippen LogP contribution in [0.25, 0.3) is 0 Å². The molecule has 0 fully saturated rings. The molecule has 2 N–H and O–H groups in total. The van der Waals surface area contributed by atoms with E-state index in [0.29, 0.717) is 16.9 Å². The van der Waals surface area contributed by atoms with E-state index in [2.05, 4.69) is 0 Å². The molecule has 0 saturated carbocycles. The zero-order chi connectivity index (χ0) is 14.0. The van der Waals surface area contributed by atoms with Crippen molar-refractivity contribution >= 4 is 0 Å². The third kappa shape index (κ3) is 2.90. The van der Waals surface area contributed by atoms with Gasteiger partial charge in [0.2, 0.25) is 0 Å². The quantitative estimate of drug-likeness (QED) is 0.905. The Morgan fingerprint density at radius 3 is 2.53 bits per heavy atom. The van der Waals surface area contributed by atoms with Crippen LogP contribution in [0.15, 0.2) is 36.4 Å². The van der Waals surface area contributed by atoms with Gasteiger partial charge in [0.1, 0.15) is 11.6 Å². The van der Waals surface area contributed by atoms with Crippen LogP contribution in [0.4, 0.5) is 8.78 Å². The number of ether oxygens (including phenoxy) is 1. The minimum atomic E-state index is -0.428. The van der Waals surface area contributed by atoms with E-state index < -0.39 is 17.7 Å². The third-order valence-electron chi connectivity index (χ3n) is 2.84. The summed E-state index contributed by atoms with van der Waals surface area (Å²) in [7, 11) is 0. The summed E-state index contributed by atoms with van der Waals surface area (Å²) in [6.07, 6.45) is 0. The molecule has 1 atom stereocenters. The fourth-order valence-electron chi connectivity index (χ4n) is 1.79. The first-order chi connectivity index (χ1) is 8.99. The Hall–Kier alpha value is -1.94. The lowest BCUT2D eigenvalue weighted by Crippen LogP contribution is -2.07. The third-order valence-corrected chi connectivity index (χ3v) is 2.84. The lowest BCUT2D eigenvalue weighted by atomic mass is 10.1. The van der Waals surface area contributed by atoms with E-state index in [1.807, 2.05) is 0 Å². The molecule has 0 aliphatic carbocycles. The molecule has 0 saturated heterocycles. The van der Waals surface area contributed by atoms with Gasteiger partial charge >= 0.3 is 0 Å². The van der Waals surface area contributed by atoms with Crippen molar-refractivity contribution in [1.29, 1.82) is 0 Å². The second-order valence-electron chi connectivity index (χ2n) is 4.46. The lowest BCUT2D eigenvalue weighted by molar-refractivity contribution is 0.431. The molecule has 0 bridgehead atoms. The Morgan fingerprint density at radius 1 is 1.11 bits per heavy atom. The van der Waals surface area contributed by atoms with Crippen LogP contribution >= 0.6 is 0 Å². The number of halogens is 2. The topological polar surface area (TPSA) is 35.2 Å². The Bertz CT molecular complexity index is 597. The van der Waals surface area contributed by atoms with E-state index in [9.17, 15) is 8.78 Å². The molecule has 0 spiro atoms. The number of hydrogen-bond donors (Lipinski definition) is 1. The van der Waals surface area contributed by atoms with Crippen molar-refractivity contribution in [1.82, 2.24) is 0 Å². The highest BCUT2D eigenvalue weighted by molar-refractivity contribution is 5.41. The predicted octanol–water partition coefficient (Wildman–Crippen LogP) is 4.09. The highest BCUT2D eigenvalue weighted by Crippen LogP contribution is 2.31. The van der Waals surface area contributed by atoms with Gasteiger partial charge in [-0.25, -0.2) is 8.78 Å². The zero-order valence-corrected chi connectivity index (χ0v) is 10.8. The van der Waals surface area contributed by atoms with Crippen LogP contribution in [0.1, 0.15) is 24.1 Å². The van der Waals surface area contributed by atoms with Gasteiger partial charge in [0.15, 0.2) is 11.6 Å². The van der Waals surface area contributed by atoms with Gasteiger partial charge < -0.3 is 10.5 Å². The Balaban J connectivity index is 2.41. The Morgan fingerprint density at radius 2 is 1.84 bits per heavy atom. The average molecular weight is 263 g/mol. The second-order valence-corrected chi connectivity index (χ2v) is 4.46. The molecule has 0 unspecified atom stereocenters. The van der Waals surface area contributed by atoms with Gasteiger partial charge in [-0.1, -0.05) is 12.1 Å². The largest absolute Gasteiger partial charge is 0.454 e. The number of benzene rings is 2. The van der Waals surface area contributed by atoms with Crippen LogP contribution in [0.3, 0.4) is 0 Å². The predicted molar refractivity (Wildman–Crippen MR) is 70.2 cm³/mol. The van der Waals surface area contributed by atoms with Gasteiger partial charge in [0.05, 0.1) is 0 Å². The first-order valence-corrected chi connectivity index (χ1v) is 5.97. The number of aryl methyl sites for hydroxylation is 1. The maximum atomic E-state index is 13.9. The van der Waals surface area contributed by atoms with Crippen LogP contribution in [0, 0.1) is 18.6 Å². The van der Waals surface area contributed by atoms with Crippen molar-refractivity contribution in [3.63, 3.8) is 0 Å². The van der Waals surface area contributed by atoms with Crippen LogP contribution in [0.5, 0.6) is 11.5 Å². The molecule has 0 amide bonds. The van der Waals surface area contributed by atoms with Crippen molar-refractivity contribution in [2.24, 2.45) is 5.73 Å². The van der Waals surface area contributed by atoms with E-state index >= 15 is 0 Å². The summed E-state index contributed by atoms with van der Waals surface area (Å²) in [4.78, 5) is 0. The number of nitrogens with two attached hydrogens (primary N) is 1. The monoisotopic (exact) mass is 263 g/mol. The molecule has 2 aromatic carbocycles. The van der Waals surface area contributed by atoms with E-state index in [-0.39, 0.29) is 5.75 Å². The van der Waals surface area contributed by atoms with Crippen LogP contribution < -0.4 is 10.5 Å². The molecule has 2 nitrogen and oxygen atoms in total. The fraction of sp³-hybridized carbons (Fsp3) is 0.200. The summed E-state index contributed by atoms with van der Waals surface area (Å²) in [5, 5.41) is 0. The SMILES string of the molecule is Cc1cccc(Oc2ccc(F)cc2[C@H](C)N)c1F. The second kappa shape index (κ2) is 5.36. The van der Waals surface area contributed by atoms with Crippen molar-refractivity contribution in [2.45, 2.75) is 19.9 Å². The Labute approximate surface area is 110 Å². The number of rotatable bonds is 3. The zero-order valence-electron chi connectivity index (χ0n) is 10.8. The van der Waals surface area contributed by atoms with Crippen molar-refractivity contribution in [3.05, 3.63) is 59.2 Å². The van der Waals surface area contributed by atoms with Crippen molar-refractivity contribution < 1.29 is 13.5 Å². The summed E-state index contributed by atoms with van der Waals surface area (Å²) in [5.74, 6) is -0.360. The normalized spacial score (nSPS) is 12.3. The molecular weight excluding hydrogens is 248 g/mol. The summed E-state index contributed by atoms with van der Waals surface area (Å²) in [6.45, 7) is 3.37. The van der Waals surface area contributed by atoms with E-state index in [0.717, 1.165) is 0 Å². The lowest BCUT2D eigenvalue weighted by Gasteiger charge is -2.14. The molecular formula is C15H15F2NO. The number of hydrogen-bond acceptors (Lipinski definition) is 2. The Kier molecular flexibility index (Phi) is 3.81. The van der Waals surface area contributed by atoms with Gasteiger partial charge in [-0.05, 0) is 43.7 Å². The molecule has 0 heterocycles. The van der Waals surface area contributed by atoms with E-state index in [1.54, 1.807) is 26.0 Å². The van der Waals surface area contributed by atoms with Gasteiger partial charge in [-0.3, -0.25) is 0 Å². The first-order valence-electron chi connectivity index (χ1n) is 5.97. The van der Waals surface area contributed by atoms with Gasteiger partial charge in [0, 0.05) is 11.6 Å². The van der Waals surface area contributed by atoms with Gasteiger partial charge in [-0.15, -0.1) is 0 Å². The molecule has 0 radical (unpaired) electrons. The fourth-order valence-corrected chi connectivity index (χ4v) is 1.79.